The lowest BCUT2D eigenvalue weighted by Gasteiger charge is -2.13. The van der Waals surface area contributed by atoms with Gasteiger partial charge in [-0.05, 0) is 17.0 Å². The minimum atomic E-state index is 0.0798. The Morgan fingerprint density at radius 1 is 1.14 bits per heavy atom. The molecule has 0 aliphatic heterocycles. The lowest BCUT2D eigenvalue weighted by atomic mass is 9.96. The zero-order chi connectivity index (χ0) is 10.6. The molecule has 0 fully saturated rings. The highest BCUT2D eigenvalue weighted by atomic mass is 16.3. The van der Waals surface area contributed by atoms with Gasteiger partial charge in [-0.15, -0.1) is 0 Å². The molecular formula is C12H19NO. The second-order valence-corrected chi connectivity index (χ2v) is 3.94. The lowest BCUT2D eigenvalue weighted by molar-refractivity contribution is 0.268. The van der Waals surface area contributed by atoms with E-state index in [4.69, 9.17) is 10.8 Å². The van der Waals surface area contributed by atoms with Crippen molar-refractivity contribution in [3.05, 3.63) is 35.4 Å². The van der Waals surface area contributed by atoms with E-state index in [1.165, 1.54) is 5.56 Å². The maximum atomic E-state index is 9.08. The fourth-order valence-electron chi connectivity index (χ4n) is 1.47. The number of rotatable bonds is 4. The van der Waals surface area contributed by atoms with Crippen LogP contribution in [0.15, 0.2) is 24.3 Å². The molecular weight excluding hydrogens is 174 g/mol. The minimum absolute atomic E-state index is 0.0798. The van der Waals surface area contributed by atoms with Crippen molar-refractivity contribution in [1.29, 1.82) is 0 Å². The van der Waals surface area contributed by atoms with Crippen molar-refractivity contribution >= 4 is 0 Å². The van der Waals surface area contributed by atoms with Gasteiger partial charge < -0.3 is 10.8 Å². The Hall–Kier alpha value is -0.860. The third-order valence-electron chi connectivity index (χ3n) is 2.58. The highest BCUT2D eigenvalue weighted by Gasteiger charge is 2.08. The van der Waals surface area contributed by atoms with Crippen molar-refractivity contribution in [2.24, 2.45) is 5.73 Å². The molecule has 1 aromatic rings. The predicted octanol–water partition coefficient (Wildman–Crippen LogP) is 1.84. The lowest BCUT2D eigenvalue weighted by Crippen LogP contribution is -2.15. The standard InChI is InChI=1S/C12H19NO/c1-9(2)10-3-5-11(6-4-10)12(7-13)8-14/h3-6,9,12,14H,7-8,13H2,1-2H3. The summed E-state index contributed by atoms with van der Waals surface area (Å²) in [6.07, 6.45) is 0. The molecule has 2 nitrogen and oxygen atoms in total. The van der Waals surface area contributed by atoms with Gasteiger partial charge in [0.1, 0.15) is 0 Å². The van der Waals surface area contributed by atoms with Gasteiger partial charge >= 0.3 is 0 Å². The first-order valence-corrected chi connectivity index (χ1v) is 5.09. The molecule has 0 aliphatic carbocycles. The second kappa shape index (κ2) is 5.13. The SMILES string of the molecule is CC(C)c1ccc(C(CN)CO)cc1. The van der Waals surface area contributed by atoms with Crippen LogP contribution in [0.2, 0.25) is 0 Å². The van der Waals surface area contributed by atoms with E-state index < -0.39 is 0 Å². The van der Waals surface area contributed by atoms with Crippen LogP contribution in [0.4, 0.5) is 0 Å². The fourth-order valence-corrected chi connectivity index (χ4v) is 1.47. The van der Waals surface area contributed by atoms with Crippen LogP contribution in [0.3, 0.4) is 0 Å². The Balaban J connectivity index is 2.81. The number of hydrogen-bond acceptors (Lipinski definition) is 2. The number of aliphatic hydroxyl groups excluding tert-OH is 1. The quantitative estimate of drug-likeness (QED) is 0.766. The summed E-state index contributed by atoms with van der Waals surface area (Å²) < 4.78 is 0. The third-order valence-corrected chi connectivity index (χ3v) is 2.58. The van der Waals surface area contributed by atoms with Gasteiger partial charge in [0.2, 0.25) is 0 Å². The molecule has 0 saturated heterocycles. The summed E-state index contributed by atoms with van der Waals surface area (Å²) in [7, 11) is 0. The van der Waals surface area contributed by atoms with Crippen LogP contribution in [0, 0.1) is 0 Å². The van der Waals surface area contributed by atoms with Crippen molar-refractivity contribution in [2.75, 3.05) is 13.2 Å². The number of benzene rings is 1. The Kier molecular flexibility index (Phi) is 4.11. The highest BCUT2D eigenvalue weighted by Crippen LogP contribution is 2.19. The zero-order valence-corrected chi connectivity index (χ0v) is 8.90. The Morgan fingerprint density at radius 3 is 2.00 bits per heavy atom. The molecule has 0 aliphatic rings. The van der Waals surface area contributed by atoms with Crippen LogP contribution in [0.5, 0.6) is 0 Å². The Morgan fingerprint density at radius 2 is 1.64 bits per heavy atom. The van der Waals surface area contributed by atoms with Gasteiger partial charge in [0.25, 0.3) is 0 Å². The summed E-state index contributed by atoms with van der Waals surface area (Å²) >= 11 is 0. The van der Waals surface area contributed by atoms with Gasteiger partial charge in [0.05, 0.1) is 6.61 Å². The van der Waals surface area contributed by atoms with E-state index >= 15 is 0 Å². The molecule has 0 radical (unpaired) electrons. The fraction of sp³-hybridized carbons (Fsp3) is 0.500. The molecule has 1 aromatic carbocycles. The zero-order valence-electron chi connectivity index (χ0n) is 8.90. The van der Waals surface area contributed by atoms with Crippen LogP contribution in [0.1, 0.15) is 36.8 Å². The van der Waals surface area contributed by atoms with Crippen LogP contribution in [0.25, 0.3) is 0 Å². The van der Waals surface area contributed by atoms with Gasteiger partial charge in [0.15, 0.2) is 0 Å². The van der Waals surface area contributed by atoms with Crippen molar-refractivity contribution in [3.8, 4) is 0 Å². The molecule has 1 atom stereocenters. The van der Waals surface area contributed by atoms with Crippen molar-refractivity contribution in [2.45, 2.75) is 25.7 Å². The molecule has 1 rings (SSSR count). The molecule has 0 aromatic heterocycles. The summed E-state index contributed by atoms with van der Waals surface area (Å²) in [5.74, 6) is 0.630. The second-order valence-electron chi connectivity index (χ2n) is 3.94. The summed E-state index contributed by atoms with van der Waals surface area (Å²) in [5.41, 5.74) is 8.00. The molecule has 78 valence electrons. The summed E-state index contributed by atoms with van der Waals surface area (Å²) in [6.45, 7) is 4.96. The van der Waals surface area contributed by atoms with E-state index in [1.54, 1.807) is 0 Å². The van der Waals surface area contributed by atoms with Crippen molar-refractivity contribution in [3.63, 3.8) is 0 Å². The van der Waals surface area contributed by atoms with Gasteiger partial charge in [-0.2, -0.15) is 0 Å². The van der Waals surface area contributed by atoms with E-state index in [0.717, 1.165) is 5.56 Å². The summed E-state index contributed by atoms with van der Waals surface area (Å²) in [4.78, 5) is 0. The molecule has 0 saturated carbocycles. The average molecular weight is 193 g/mol. The van der Waals surface area contributed by atoms with Gasteiger partial charge in [-0.3, -0.25) is 0 Å². The normalized spacial score (nSPS) is 13.2. The largest absolute Gasteiger partial charge is 0.396 e. The predicted molar refractivity (Wildman–Crippen MR) is 59.4 cm³/mol. The van der Waals surface area contributed by atoms with Gasteiger partial charge in [0, 0.05) is 12.5 Å². The molecule has 0 amide bonds. The molecule has 0 heterocycles. The topological polar surface area (TPSA) is 46.2 Å². The number of aliphatic hydroxyl groups is 1. The molecule has 1 unspecified atom stereocenters. The smallest absolute Gasteiger partial charge is 0.0511 e. The summed E-state index contributed by atoms with van der Waals surface area (Å²) in [6, 6.07) is 8.34. The monoisotopic (exact) mass is 193 g/mol. The van der Waals surface area contributed by atoms with Crippen LogP contribution < -0.4 is 5.73 Å². The maximum Gasteiger partial charge on any atom is 0.0511 e. The van der Waals surface area contributed by atoms with E-state index in [2.05, 4.69) is 38.1 Å². The number of hydrogen-bond donors (Lipinski definition) is 2. The highest BCUT2D eigenvalue weighted by molar-refractivity contribution is 5.27. The molecule has 3 N–H and O–H groups in total. The first-order chi connectivity index (χ1) is 6.69. The Bertz CT molecular complexity index is 262. The maximum absolute atomic E-state index is 9.08. The summed E-state index contributed by atoms with van der Waals surface area (Å²) in [5, 5.41) is 9.08. The van der Waals surface area contributed by atoms with E-state index in [-0.39, 0.29) is 12.5 Å². The van der Waals surface area contributed by atoms with E-state index in [0.29, 0.717) is 12.5 Å². The van der Waals surface area contributed by atoms with Crippen LogP contribution in [-0.2, 0) is 0 Å². The van der Waals surface area contributed by atoms with Crippen LogP contribution >= 0.6 is 0 Å². The third kappa shape index (κ3) is 2.56. The first-order valence-electron chi connectivity index (χ1n) is 5.09. The molecule has 2 heteroatoms. The molecule has 0 bridgehead atoms. The number of nitrogens with two attached hydrogens (primary N) is 1. The van der Waals surface area contributed by atoms with Crippen molar-refractivity contribution < 1.29 is 5.11 Å². The Labute approximate surface area is 85.8 Å². The first kappa shape index (κ1) is 11.2. The van der Waals surface area contributed by atoms with E-state index in [1.807, 2.05) is 0 Å². The van der Waals surface area contributed by atoms with Crippen LogP contribution in [-0.4, -0.2) is 18.3 Å². The van der Waals surface area contributed by atoms with E-state index in [9.17, 15) is 0 Å². The molecule has 14 heavy (non-hydrogen) atoms. The minimum Gasteiger partial charge on any atom is -0.396 e. The van der Waals surface area contributed by atoms with Gasteiger partial charge in [-0.1, -0.05) is 38.1 Å². The van der Waals surface area contributed by atoms with Gasteiger partial charge in [-0.25, -0.2) is 0 Å². The molecule has 0 spiro atoms. The average Bonchev–Trinajstić information content (AvgIpc) is 2.20. The van der Waals surface area contributed by atoms with Crippen molar-refractivity contribution in [1.82, 2.24) is 0 Å².